The fourth-order valence-electron chi connectivity index (χ4n) is 6.33. The van der Waals surface area contributed by atoms with Gasteiger partial charge in [0, 0.05) is 29.6 Å². The molecule has 4 aliphatic rings. The Morgan fingerprint density at radius 3 is 2.65 bits per heavy atom. The van der Waals surface area contributed by atoms with Crippen molar-refractivity contribution in [2.24, 2.45) is 28.6 Å². The zero-order chi connectivity index (χ0) is 16.6. The monoisotopic (exact) mass is 320 g/mol. The van der Waals surface area contributed by atoms with Crippen LogP contribution in [0.25, 0.3) is 0 Å². The molecule has 3 nitrogen and oxygen atoms in total. The third-order valence-electron chi connectivity index (χ3n) is 7.92. The summed E-state index contributed by atoms with van der Waals surface area (Å²) in [5.41, 5.74) is -2.11. The Bertz CT molecular complexity index is 614. The molecule has 0 bridgehead atoms. The van der Waals surface area contributed by atoms with Crippen molar-refractivity contribution in [1.82, 2.24) is 0 Å². The molecule has 0 aromatic heterocycles. The number of hydrogen-bond acceptors (Lipinski definition) is 3. The van der Waals surface area contributed by atoms with E-state index in [1.54, 1.807) is 6.08 Å². The van der Waals surface area contributed by atoms with Crippen molar-refractivity contribution in [2.75, 3.05) is 0 Å². The summed E-state index contributed by atoms with van der Waals surface area (Å²) in [4.78, 5) is 24.1. The second kappa shape index (κ2) is 4.53. The molecule has 4 heteroatoms. The third-order valence-corrected chi connectivity index (χ3v) is 7.92. The van der Waals surface area contributed by atoms with E-state index in [9.17, 15) is 19.1 Å². The molecule has 0 radical (unpaired) electrons. The normalized spacial score (nSPS) is 55.3. The van der Waals surface area contributed by atoms with E-state index in [4.69, 9.17) is 0 Å². The molecule has 23 heavy (non-hydrogen) atoms. The zero-order valence-electron chi connectivity index (χ0n) is 13.8. The lowest BCUT2D eigenvalue weighted by Crippen LogP contribution is -2.67. The maximum atomic E-state index is 15.0. The molecule has 7 atom stereocenters. The number of allylic oxidation sites excluding steroid dienone is 1. The van der Waals surface area contributed by atoms with Gasteiger partial charge >= 0.3 is 0 Å². The number of ketones is 2. The first-order valence-electron chi connectivity index (χ1n) is 8.84. The first-order chi connectivity index (χ1) is 10.7. The van der Waals surface area contributed by atoms with Crippen LogP contribution in [0.15, 0.2) is 12.2 Å². The Balaban J connectivity index is 1.80. The summed E-state index contributed by atoms with van der Waals surface area (Å²) in [6.45, 7) is 3.92. The maximum absolute atomic E-state index is 15.0. The van der Waals surface area contributed by atoms with E-state index in [1.807, 2.05) is 13.8 Å². The quantitative estimate of drug-likeness (QED) is 0.746. The minimum atomic E-state index is -1.09. The minimum absolute atomic E-state index is 0.0473. The Morgan fingerprint density at radius 2 is 1.91 bits per heavy atom. The largest absolute Gasteiger partial charge is 0.389 e. The van der Waals surface area contributed by atoms with Crippen LogP contribution in [0.3, 0.4) is 0 Å². The topological polar surface area (TPSA) is 54.4 Å². The molecule has 3 saturated carbocycles. The number of carbonyl (C=O) groups excluding carboxylic acids is 2. The van der Waals surface area contributed by atoms with Gasteiger partial charge in [-0.3, -0.25) is 9.59 Å². The van der Waals surface area contributed by atoms with E-state index < -0.39 is 28.5 Å². The number of alkyl halides is 1. The van der Waals surface area contributed by atoms with Crippen molar-refractivity contribution < 1.29 is 19.1 Å². The molecule has 0 aliphatic heterocycles. The van der Waals surface area contributed by atoms with Gasteiger partial charge in [-0.1, -0.05) is 19.9 Å². The standard InChI is InChI=1S/C19H25FO3/c1-17-7-8-19(23)13(12(17)3-4-16(17)22)10-15(20)14-9-11(21)5-6-18(14,19)2/h5-6,12-15,23H,3-4,7-10H2,1-2H3/t12-,13-,14?,15?,17-,18-,19-/m0/s1. The molecule has 0 aromatic rings. The Kier molecular flexibility index (Phi) is 3.05. The van der Waals surface area contributed by atoms with Crippen molar-refractivity contribution in [2.45, 2.75) is 64.1 Å². The van der Waals surface area contributed by atoms with Crippen LogP contribution in [0.1, 0.15) is 52.4 Å². The molecule has 126 valence electrons. The first kappa shape index (κ1) is 15.5. The summed E-state index contributed by atoms with van der Waals surface area (Å²) in [6.07, 6.45) is 5.18. The van der Waals surface area contributed by atoms with Crippen molar-refractivity contribution >= 4 is 11.6 Å². The number of Topliss-reactive ketones (excluding diaryl/α,β-unsaturated/α-hetero) is 1. The second-order valence-corrected chi connectivity index (χ2v) is 8.66. The Labute approximate surface area is 136 Å². The Hall–Kier alpha value is -1.03. The SMILES string of the molecule is C[C@]12C=CC(=O)CC1C(F)C[C@H]1[C@@H]3CCC(=O)[C@@]3(C)CC[C@]12O. The van der Waals surface area contributed by atoms with Crippen molar-refractivity contribution in [3.8, 4) is 0 Å². The predicted molar refractivity (Wildman–Crippen MR) is 83.4 cm³/mol. The zero-order valence-corrected chi connectivity index (χ0v) is 13.8. The van der Waals surface area contributed by atoms with E-state index in [0.717, 1.165) is 6.42 Å². The minimum Gasteiger partial charge on any atom is -0.389 e. The molecule has 4 rings (SSSR count). The van der Waals surface area contributed by atoms with Gasteiger partial charge < -0.3 is 5.11 Å². The summed E-state index contributed by atoms with van der Waals surface area (Å²) in [5, 5.41) is 11.7. The van der Waals surface area contributed by atoms with Crippen molar-refractivity contribution in [3.63, 3.8) is 0 Å². The molecule has 1 N–H and O–H groups in total. The first-order valence-corrected chi connectivity index (χ1v) is 8.84. The van der Waals surface area contributed by atoms with E-state index in [0.29, 0.717) is 19.3 Å². The number of rotatable bonds is 0. The van der Waals surface area contributed by atoms with Crippen LogP contribution in [-0.4, -0.2) is 28.4 Å². The van der Waals surface area contributed by atoms with Crippen LogP contribution in [0.2, 0.25) is 0 Å². The molecule has 0 amide bonds. The average molecular weight is 320 g/mol. The van der Waals surface area contributed by atoms with Gasteiger partial charge in [-0.05, 0) is 43.6 Å². The number of aliphatic hydroxyl groups is 1. The molecular weight excluding hydrogens is 295 g/mol. The van der Waals surface area contributed by atoms with Gasteiger partial charge in [-0.25, -0.2) is 4.39 Å². The fourth-order valence-corrected chi connectivity index (χ4v) is 6.33. The highest BCUT2D eigenvalue weighted by atomic mass is 19.1. The van der Waals surface area contributed by atoms with Gasteiger partial charge in [0.15, 0.2) is 5.78 Å². The summed E-state index contributed by atoms with van der Waals surface area (Å²) in [6, 6.07) is 0. The van der Waals surface area contributed by atoms with Gasteiger partial charge in [0.05, 0.1) is 5.60 Å². The van der Waals surface area contributed by atoms with Crippen LogP contribution in [0.5, 0.6) is 0 Å². The van der Waals surface area contributed by atoms with Gasteiger partial charge in [-0.15, -0.1) is 0 Å². The number of hydrogen-bond donors (Lipinski definition) is 1. The van der Waals surface area contributed by atoms with Gasteiger partial charge in [0.1, 0.15) is 12.0 Å². The molecule has 3 fully saturated rings. The van der Waals surface area contributed by atoms with Crippen LogP contribution in [-0.2, 0) is 9.59 Å². The fraction of sp³-hybridized carbons (Fsp3) is 0.789. The molecule has 0 heterocycles. The Morgan fingerprint density at radius 1 is 1.17 bits per heavy atom. The molecule has 0 saturated heterocycles. The smallest absolute Gasteiger partial charge is 0.155 e. The van der Waals surface area contributed by atoms with E-state index in [2.05, 4.69) is 0 Å². The van der Waals surface area contributed by atoms with Crippen LogP contribution in [0, 0.1) is 28.6 Å². The number of halogens is 1. The van der Waals surface area contributed by atoms with E-state index in [1.165, 1.54) is 6.08 Å². The second-order valence-electron chi connectivity index (χ2n) is 8.66. The van der Waals surface area contributed by atoms with Crippen molar-refractivity contribution in [1.29, 1.82) is 0 Å². The molecule has 4 aliphatic carbocycles. The van der Waals surface area contributed by atoms with Crippen LogP contribution < -0.4 is 0 Å². The highest BCUT2D eigenvalue weighted by Gasteiger charge is 2.68. The summed E-state index contributed by atoms with van der Waals surface area (Å²) in [7, 11) is 0. The summed E-state index contributed by atoms with van der Waals surface area (Å²) >= 11 is 0. The molecule has 0 spiro atoms. The van der Waals surface area contributed by atoms with Crippen molar-refractivity contribution in [3.05, 3.63) is 12.2 Å². The van der Waals surface area contributed by atoms with Gasteiger partial charge in [0.25, 0.3) is 0 Å². The highest BCUT2D eigenvalue weighted by molar-refractivity contribution is 5.91. The van der Waals surface area contributed by atoms with E-state index >= 15 is 0 Å². The number of fused-ring (bicyclic) bond motifs is 5. The lowest BCUT2D eigenvalue weighted by Gasteiger charge is -2.63. The third kappa shape index (κ3) is 1.73. The van der Waals surface area contributed by atoms with Gasteiger partial charge in [0.2, 0.25) is 0 Å². The number of carbonyl (C=O) groups is 2. The molecule has 0 aromatic carbocycles. The van der Waals surface area contributed by atoms with Gasteiger partial charge in [-0.2, -0.15) is 0 Å². The van der Waals surface area contributed by atoms with Crippen LogP contribution >= 0.6 is 0 Å². The average Bonchev–Trinajstić information content (AvgIpc) is 2.80. The predicted octanol–water partition coefficient (Wildman–Crippen LogP) is 3.01. The lowest BCUT2D eigenvalue weighted by molar-refractivity contribution is -0.221. The van der Waals surface area contributed by atoms with E-state index in [-0.39, 0.29) is 36.2 Å². The summed E-state index contributed by atoms with van der Waals surface area (Å²) in [5.74, 6) is -0.337. The van der Waals surface area contributed by atoms with Crippen LogP contribution in [0.4, 0.5) is 4.39 Å². The molecular formula is C19H25FO3. The molecule has 2 unspecified atom stereocenters. The lowest BCUT2D eigenvalue weighted by atomic mass is 9.44. The summed E-state index contributed by atoms with van der Waals surface area (Å²) < 4.78 is 15.0. The highest BCUT2D eigenvalue weighted by Crippen LogP contribution is 2.66. The maximum Gasteiger partial charge on any atom is 0.155 e.